The molecule has 1 aromatic rings. The third kappa shape index (κ3) is 3.90. The second-order valence-corrected chi connectivity index (χ2v) is 13.0. The van der Waals surface area contributed by atoms with Gasteiger partial charge in [0.2, 0.25) is 0 Å². The number of ether oxygens (including phenoxy) is 1. The SMILES string of the molecule is [2H]c1cn([C@@H]2O[C@H](CC)[C@H](C)C2O[Si](C)(C)C(C)(C)C)c(=O)[nH]c1=NO. The molecule has 4 atom stereocenters. The molecule has 0 saturated carbocycles. The van der Waals surface area contributed by atoms with Crippen LogP contribution in [0.5, 0.6) is 0 Å². The van der Waals surface area contributed by atoms with Crippen LogP contribution in [-0.4, -0.2) is 35.3 Å². The first kappa shape index (κ1) is 18.4. The van der Waals surface area contributed by atoms with Crippen LogP contribution in [0.25, 0.3) is 0 Å². The van der Waals surface area contributed by atoms with Gasteiger partial charge in [0, 0.05) is 18.2 Å². The molecule has 1 fully saturated rings. The summed E-state index contributed by atoms with van der Waals surface area (Å²) in [6.45, 7) is 15.0. The fraction of sp³-hybridized carbons (Fsp3) is 0.765. The third-order valence-electron chi connectivity index (χ3n) is 5.51. The smallest absolute Gasteiger partial charge is 0.329 e. The van der Waals surface area contributed by atoms with Gasteiger partial charge in [-0.15, -0.1) is 0 Å². The maximum atomic E-state index is 12.5. The maximum Gasteiger partial charge on any atom is 0.329 e. The van der Waals surface area contributed by atoms with Crippen molar-refractivity contribution < 1.29 is 15.7 Å². The molecular weight excluding hydrogens is 338 g/mol. The van der Waals surface area contributed by atoms with Crippen LogP contribution in [0, 0.1) is 5.92 Å². The minimum Gasteiger partial charge on any atom is -0.409 e. The molecular formula is C17H31N3O4Si. The molecule has 1 aliphatic rings. The Hall–Kier alpha value is -1.38. The van der Waals surface area contributed by atoms with Crippen LogP contribution in [0.3, 0.4) is 0 Å². The lowest BCUT2D eigenvalue weighted by Gasteiger charge is -2.40. The Kier molecular flexibility index (Phi) is 5.22. The Morgan fingerprint density at radius 2 is 2.16 bits per heavy atom. The van der Waals surface area contributed by atoms with Crippen LogP contribution >= 0.6 is 0 Å². The normalized spacial score (nSPS) is 29.1. The standard InChI is InChI=1S/C17H31N3O4Si/c1-8-12-11(2)14(24-25(6,7)17(3,4)5)15(23-12)20-10-9-13(19-22)18-16(20)21/h9-12,14-15,22H,8H2,1-7H3,(H,18,19,21)/t11-,12+,14?,15+/m0/s1/i9D. The van der Waals surface area contributed by atoms with Crippen LogP contribution in [0.4, 0.5) is 0 Å². The van der Waals surface area contributed by atoms with E-state index in [0.29, 0.717) is 0 Å². The van der Waals surface area contributed by atoms with E-state index in [2.05, 4.69) is 50.9 Å². The van der Waals surface area contributed by atoms with E-state index in [1.807, 2.05) is 6.92 Å². The summed E-state index contributed by atoms with van der Waals surface area (Å²) in [5.74, 6) is 0.113. The van der Waals surface area contributed by atoms with Gasteiger partial charge in [0.15, 0.2) is 20.0 Å². The van der Waals surface area contributed by atoms with E-state index in [1.54, 1.807) is 0 Å². The van der Waals surface area contributed by atoms with Gasteiger partial charge in [0.1, 0.15) is 0 Å². The first-order valence-corrected chi connectivity index (χ1v) is 11.7. The zero-order valence-electron chi connectivity index (χ0n) is 17.2. The van der Waals surface area contributed by atoms with E-state index in [-0.39, 0.29) is 34.7 Å². The second-order valence-electron chi connectivity index (χ2n) is 8.23. The molecule has 2 N–H and O–H groups in total. The highest BCUT2D eigenvalue weighted by atomic mass is 28.4. The number of aromatic nitrogens is 2. The number of aromatic amines is 1. The molecule has 25 heavy (non-hydrogen) atoms. The van der Waals surface area contributed by atoms with Crippen LogP contribution in [0.2, 0.25) is 18.1 Å². The third-order valence-corrected chi connectivity index (χ3v) is 9.99. The molecule has 2 heterocycles. The average Bonchev–Trinajstić information content (AvgIpc) is 2.84. The molecule has 0 aromatic carbocycles. The van der Waals surface area contributed by atoms with Crippen molar-refractivity contribution in [1.29, 1.82) is 0 Å². The van der Waals surface area contributed by atoms with Gasteiger partial charge in [-0.2, -0.15) is 0 Å². The largest absolute Gasteiger partial charge is 0.409 e. The fourth-order valence-electron chi connectivity index (χ4n) is 2.86. The van der Waals surface area contributed by atoms with Crippen molar-refractivity contribution >= 4 is 8.32 Å². The molecule has 1 unspecified atom stereocenters. The monoisotopic (exact) mass is 370 g/mol. The molecule has 1 aromatic heterocycles. The lowest BCUT2D eigenvalue weighted by molar-refractivity contribution is -0.0371. The van der Waals surface area contributed by atoms with Crippen molar-refractivity contribution in [2.24, 2.45) is 11.1 Å². The Labute approximate surface area is 151 Å². The molecule has 142 valence electrons. The molecule has 0 spiro atoms. The molecule has 7 nitrogen and oxygen atoms in total. The van der Waals surface area contributed by atoms with Gasteiger partial charge in [0.25, 0.3) is 0 Å². The van der Waals surface area contributed by atoms with Gasteiger partial charge in [-0.25, -0.2) is 4.79 Å². The maximum absolute atomic E-state index is 12.5. The first-order chi connectivity index (χ1) is 11.9. The zero-order valence-corrected chi connectivity index (χ0v) is 17.2. The van der Waals surface area contributed by atoms with Gasteiger partial charge in [-0.3, -0.25) is 9.55 Å². The fourth-order valence-corrected chi connectivity index (χ4v) is 4.23. The van der Waals surface area contributed by atoms with Crippen molar-refractivity contribution in [2.75, 3.05) is 0 Å². The van der Waals surface area contributed by atoms with E-state index in [1.165, 1.54) is 10.8 Å². The summed E-state index contributed by atoms with van der Waals surface area (Å²) in [4.78, 5) is 14.9. The Balaban J connectivity index is 2.49. The summed E-state index contributed by atoms with van der Waals surface area (Å²) in [5.41, 5.74) is -0.669. The minimum atomic E-state index is -2.09. The predicted molar refractivity (Wildman–Crippen MR) is 97.8 cm³/mol. The number of hydrogen-bond donors (Lipinski definition) is 2. The molecule has 0 radical (unpaired) electrons. The lowest BCUT2D eigenvalue weighted by atomic mass is 9.99. The van der Waals surface area contributed by atoms with Crippen LogP contribution < -0.4 is 11.2 Å². The quantitative estimate of drug-likeness (QED) is 0.484. The van der Waals surface area contributed by atoms with E-state index in [4.69, 9.17) is 15.7 Å². The van der Waals surface area contributed by atoms with Crippen molar-refractivity contribution in [3.05, 3.63) is 28.2 Å². The summed E-state index contributed by atoms with van der Waals surface area (Å²) in [7, 11) is -2.09. The first-order valence-electron chi connectivity index (χ1n) is 9.26. The number of rotatable bonds is 4. The average molecular weight is 371 g/mol. The van der Waals surface area contributed by atoms with Crippen LogP contribution in [0.15, 0.2) is 22.2 Å². The highest BCUT2D eigenvalue weighted by Gasteiger charge is 2.48. The van der Waals surface area contributed by atoms with Crippen molar-refractivity contribution in [2.45, 2.75) is 77.6 Å². The van der Waals surface area contributed by atoms with Crippen molar-refractivity contribution in [3.63, 3.8) is 0 Å². The number of nitrogens with one attached hydrogen (secondary N) is 1. The number of H-pyrrole nitrogens is 1. The number of hydrogen-bond acceptors (Lipinski definition) is 5. The van der Waals surface area contributed by atoms with Crippen molar-refractivity contribution in [3.8, 4) is 0 Å². The molecule has 0 amide bonds. The molecule has 1 aliphatic heterocycles. The lowest BCUT2D eigenvalue weighted by Crippen LogP contribution is -2.48. The zero-order chi connectivity index (χ0) is 19.9. The predicted octanol–water partition coefficient (Wildman–Crippen LogP) is 2.80. The molecule has 0 aliphatic carbocycles. The van der Waals surface area contributed by atoms with E-state index < -0.39 is 20.2 Å². The van der Waals surface area contributed by atoms with Gasteiger partial charge in [0.05, 0.1) is 13.6 Å². The summed E-state index contributed by atoms with van der Waals surface area (Å²) < 4.78 is 22.1. The Morgan fingerprint density at radius 3 is 2.68 bits per heavy atom. The van der Waals surface area contributed by atoms with Gasteiger partial charge >= 0.3 is 5.69 Å². The van der Waals surface area contributed by atoms with E-state index >= 15 is 0 Å². The van der Waals surface area contributed by atoms with Gasteiger partial charge < -0.3 is 14.4 Å². The van der Waals surface area contributed by atoms with Crippen LogP contribution in [0.1, 0.15) is 48.6 Å². The number of nitrogens with zero attached hydrogens (tertiary/aromatic N) is 2. The highest BCUT2D eigenvalue weighted by Crippen LogP contribution is 2.43. The molecule has 8 heteroatoms. The Morgan fingerprint density at radius 1 is 1.52 bits per heavy atom. The summed E-state index contributed by atoms with van der Waals surface area (Å²) in [6.07, 6.45) is 1.21. The summed E-state index contributed by atoms with van der Waals surface area (Å²) in [6, 6.07) is -0.0885. The highest BCUT2D eigenvalue weighted by molar-refractivity contribution is 6.74. The van der Waals surface area contributed by atoms with E-state index in [9.17, 15) is 4.79 Å². The molecule has 0 bridgehead atoms. The van der Waals surface area contributed by atoms with Gasteiger partial charge in [-0.1, -0.05) is 39.8 Å². The summed E-state index contributed by atoms with van der Waals surface area (Å²) >= 11 is 0. The van der Waals surface area contributed by atoms with Crippen LogP contribution in [-0.2, 0) is 9.16 Å². The molecule has 2 rings (SSSR count). The Bertz CT molecular complexity index is 768. The second kappa shape index (κ2) is 7.09. The molecule has 1 saturated heterocycles. The minimum absolute atomic E-state index is 0.0267. The summed E-state index contributed by atoms with van der Waals surface area (Å²) in [5, 5.41) is 11.9. The topological polar surface area (TPSA) is 88.8 Å². The van der Waals surface area contributed by atoms with Crippen molar-refractivity contribution in [1.82, 2.24) is 9.55 Å². The van der Waals surface area contributed by atoms with Gasteiger partial charge in [-0.05, 0) is 24.6 Å². The van der Waals surface area contributed by atoms with E-state index in [0.717, 1.165) is 6.42 Å².